The van der Waals surface area contributed by atoms with Gasteiger partial charge in [-0.3, -0.25) is 0 Å². The van der Waals surface area contributed by atoms with Gasteiger partial charge < -0.3 is 15.2 Å². The van der Waals surface area contributed by atoms with Gasteiger partial charge in [-0.1, -0.05) is 0 Å². The minimum absolute atomic E-state index is 0.0305. The Kier molecular flexibility index (Phi) is 4.95. The molecule has 0 fully saturated rings. The van der Waals surface area contributed by atoms with Crippen molar-refractivity contribution in [2.45, 2.75) is 38.6 Å². The molecule has 0 radical (unpaired) electrons. The highest BCUT2D eigenvalue weighted by molar-refractivity contribution is 7.89. The Bertz CT molecular complexity index is 604. The first-order chi connectivity index (χ1) is 9.14. The fourth-order valence-electron chi connectivity index (χ4n) is 2.21. The van der Waals surface area contributed by atoms with Crippen LogP contribution in [0.5, 0.6) is 0 Å². The molecule has 0 aromatic carbocycles. The van der Waals surface area contributed by atoms with Gasteiger partial charge in [-0.2, -0.15) is 4.31 Å². The summed E-state index contributed by atoms with van der Waals surface area (Å²) in [4.78, 5) is 13.6. The van der Waals surface area contributed by atoms with Crippen LogP contribution in [0.25, 0.3) is 0 Å². The summed E-state index contributed by atoms with van der Waals surface area (Å²) in [5.41, 5.74) is 0.329. The average molecular weight is 304 g/mol. The van der Waals surface area contributed by atoms with Crippen LogP contribution in [0.2, 0.25) is 0 Å². The molecule has 114 valence electrons. The first-order valence-electron chi connectivity index (χ1n) is 6.19. The maximum absolute atomic E-state index is 12.6. The molecule has 0 amide bonds. The Morgan fingerprint density at radius 2 is 1.90 bits per heavy atom. The lowest BCUT2D eigenvalue weighted by molar-refractivity contribution is 0.0690. The highest BCUT2D eigenvalue weighted by Crippen LogP contribution is 2.27. The molecule has 0 unspecified atom stereocenters. The van der Waals surface area contributed by atoms with Crippen molar-refractivity contribution in [2.24, 2.45) is 0 Å². The van der Waals surface area contributed by atoms with E-state index < -0.39 is 16.0 Å². The van der Waals surface area contributed by atoms with E-state index in [0.717, 1.165) is 4.31 Å². The van der Waals surface area contributed by atoms with Crippen molar-refractivity contribution < 1.29 is 23.4 Å². The van der Waals surface area contributed by atoms with E-state index in [1.165, 1.54) is 13.8 Å². The zero-order valence-electron chi connectivity index (χ0n) is 12.0. The second-order valence-electron chi connectivity index (χ2n) is 4.82. The summed E-state index contributed by atoms with van der Waals surface area (Å²) in [5, 5.41) is 18.1. The van der Waals surface area contributed by atoms with Crippen molar-refractivity contribution in [3.63, 3.8) is 0 Å². The number of aliphatic hydroxyl groups is 1. The standard InChI is InChI=1S/C12H20N2O5S/c1-7(2)14(5-6-15)20(18,19)11-8(3)10(12(16)17)13-9(11)4/h7,13,15H,5-6H2,1-4H3,(H,16,17). The third-order valence-electron chi connectivity index (χ3n) is 3.05. The van der Waals surface area contributed by atoms with Gasteiger partial charge in [0.05, 0.1) is 6.61 Å². The summed E-state index contributed by atoms with van der Waals surface area (Å²) in [6.45, 7) is 6.03. The van der Waals surface area contributed by atoms with Crippen LogP contribution in [0.4, 0.5) is 0 Å². The van der Waals surface area contributed by atoms with Crippen LogP contribution in [-0.4, -0.2) is 53.1 Å². The fraction of sp³-hybridized carbons (Fsp3) is 0.583. The minimum atomic E-state index is -3.86. The lowest BCUT2D eigenvalue weighted by atomic mass is 10.2. The Balaban J connectivity index is 3.46. The first-order valence-corrected chi connectivity index (χ1v) is 7.63. The van der Waals surface area contributed by atoms with Crippen LogP contribution in [-0.2, 0) is 10.0 Å². The fourth-order valence-corrected chi connectivity index (χ4v) is 4.24. The number of aromatic amines is 1. The molecule has 20 heavy (non-hydrogen) atoms. The summed E-state index contributed by atoms with van der Waals surface area (Å²) in [6, 6.07) is -0.339. The predicted octanol–water partition coefficient (Wildman–Crippen LogP) is 0.721. The van der Waals surface area contributed by atoms with E-state index in [-0.39, 0.29) is 41.0 Å². The Labute approximate surface area is 118 Å². The van der Waals surface area contributed by atoms with Crippen molar-refractivity contribution in [1.29, 1.82) is 0 Å². The molecule has 0 aliphatic rings. The number of aromatic carboxylic acids is 1. The molecule has 1 rings (SSSR count). The number of carboxylic acids is 1. The SMILES string of the molecule is Cc1[nH]c(C(=O)O)c(C)c1S(=O)(=O)N(CCO)C(C)C. The van der Waals surface area contributed by atoms with Gasteiger partial charge in [-0.15, -0.1) is 0 Å². The topological polar surface area (TPSA) is 111 Å². The number of carbonyl (C=O) groups is 1. The van der Waals surface area contributed by atoms with Gasteiger partial charge in [0.25, 0.3) is 0 Å². The number of aliphatic hydroxyl groups excluding tert-OH is 1. The Morgan fingerprint density at radius 3 is 2.25 bits per heavy atom. The molecule has 1 aromatic heterocycles. The third-order valence-corrected chi connectivity index (χ3v) is 5.40. The van der Waals surface area contributed by atoms with Crippen LogP contribution in [0.3, 0.4) is 0 Å². The second-order valence-corrected chi connectivity index (χ2v) is 6.64. The van der Waals surface area contributed by atoms with Crippen LogP contribution >= 0.6 is 0 Å². The molecule has 0 bridgehead atoms. The van der Waals surface area contributed by atoms with Crippen LogP contribution in [0, 0.1) is 13.8 Å². The van der Waals surface area contributed by atoms with Crippen molar-refractivity contribution in [3.05, 3.63) is 17.0 Å². The second kappa shape index (κ2) is 5.94. The van der Waals surface area contributed by atoms with Gasteiger partial charge in [0.15, 0.2) is 0 Å². The summed E-state index contributed by atoms with van der Waals surface area (Å²) in [6.07, 6.45) is 0. The third kappa shape index (κ3) is 2.87. The molecule has 7 nitrogen and oxygen atoms in total. The normalized spacial score (nSPS) is 12.3. The molecule has 1 heterocycles. The maximum Gasteiger partial charge on any atom is 0.352 e. The lowest BCUT2D eigenvalue weighted by Gasteiger charge is -2.25. The van der Waals surface area contributed by atoms with Crippen molar-refractivity contribution >= 4 is 16.0 Å². The number of aromatic nitrogens is 1. The van der Waals surface area contributed by atoms with Crippen LogP contribution in [0.15, 0.2) is 4.90 Å². The zero-order chi connectivity index (χ0) is 15.7. The van der Waals surface area contributed by atoms with Gasteiger partial charge in [0, 0.05) is 23.8 Å². The number of nitrogens with zero attached hydrogens (tertiary/aromatic N) is 1. The number of hydrogen-bond acceptors (Lipinski definition) is 4. The first kappa shape index (κ1) is 16.7. The van der Waals surface area contributed by atoms with E-state index in [4.69, 9.17) is 10.2 Å². The van der Waals surface area contributed by atoms with Gasteiger partial charge in [-0.05, 0) is 27.7 Å². The van der Waals surface area contributed by atoms with Crippen LogP contribution < -0.4 is 0 Å². The highest BCUT2D eigenvalue weighted by Gasteiger charge is 2.32. The quantitative estimate of drug-likeness (QED) is 0.717. The molecule has 0 spiro atoms. The number of sulfonamides is 1. The highest BCUT2D eigenvalue weighted by atomic mass is 32.2. The van der Waals surface area contributed by atoms with E-state index in [1.807, 2.05) is 0 Å². The predicted molar refractivity (Wildman–Crippen MR) is 73.3 cm³/mol. The van der Waals surface area contributed by atoms with Crippen LogP contribution in [0.1, 0.15) is 35.6 Å². The van der Waals surface area contributed by atoms with E-state index in [9.17, 15) is 13.2 Å². The van der Waals surface area contributed by atoms with E-state index in [2.05, 4.69) is 4.98 Å². The van der Waals surface area contributed by atoms with Gasteiger partial charge >= 0.3 is 5.97 Å². The van der Waals surface area contributed by atoms with E-state index in [1.54, 1.807) is 13.8 Å². The maximum atomic E-state index is 12.6. The molecule has 0 aliphatic heterocycles. The molecule has 0 aliphatic carbocycles. The monoisotopic (exact) mass is 304 g/mol. The largest absolute Gasteiger partial charge is 0.477 e. The molecule has 0 atom stereocenters. The van der Waals surface area contributed by atoms with E-state index in [0.29, 0.717) is 0 Å². The molecular formula is C12H20N2O5S. The van der Waals surface area contributed by atoms with Crippen molar-refractivity contribution in [2.75, 3.05) is 13.2 Å². The average Bonchev–Trinajstić information content (AvgIpc) is 2.61. The number of hydrogen-bond donors (Lipinski definition) is 3. The summed E-state index contributed by atoms with van der Waals surface area (Å²) < 4.78 is 26.4. The molecule has 1 aromatic rings. The zero-order valence-corrected chi connectivity index (χ0v) is 12.8. The van der Waals surface area contributed by atoms with Crippen molar-refractivity contribution in [3.8, 4) is 0 Å². The van der Waals surface area contributed by atoms with Gasteiger partial charge in [0.2, 0.25) is 10.0 Å². The minimum Gasteiger partial charge on any atom is -0.477 e. The smallest absolute Gasteiger partial charge is 0.352 e. The lowest BCUT2D eigenvalue weighted by Crippen LogP contribution is -2.39. The molecule has 0 saturated carbocycles. The summed E-state index contributed by atoms with van der Waals surface area (Å²) >= 11 is 0. The number of nitrogens with one attached hydrogen (secondary N) is 1. The Hall–Kier alpha value is -1.38. The number of carboxylic acid groups (broad SMARTS) is 1. The number of aryl methyl sites for hydroxylation is 1. The number of rotatable bonds is 6. The van der Waals surface area contributed by atoms with Gasteiger partial charge in [-0.25, -0.2) is 13.2 Å². The van der Waals surface area contributed by atoms with Crippen molar-refractivity contribution in [1.82, 2.24) is 9.29 Å². The Morgan fingerprint density at radius 1 is 1.35 bits per heavy atom. The summed E-state index contributed by atoms with van der Waals surface area (Å²) in [5.74, 6) is -1.20. The number of H-pyrrole nitrogens is 1. The summed E-state index contributed by atoms with van der Waals surface area (Å²) in [7, 11) is -3.86. The molecule has 0 saturated heterocycles. The van der Waals surface area contributed by atoms with E-state index >= 15 is 0 Å². The molecular weight excluding hydrogens is 284 g/mol. The molecule has 3 N–H and O–H groups in total. The van der Waals surface area contributed by atoms with Gasteiger partial charge in [0.1, 0.15) is 10.6 Å². The molecule has 8 heteroatoms.